The number of amides is 1. The van der Waals surface area contributed by atoms with Gasteiger partial charge in [-0.3, -0.25) is 14.2 Å². The minimum absolute atomic E-state index is 0.0902. The highest BCUT2D eigenvalue weighted by atomic mass is 35.5. The van der Waals surface area contributed by atoms with Crippen LogP contribution < -0.4 is 5.32 Å². The number of nitrogens with one attached hydrogen (secondary N) is 1. The number of hydrogen-bond donors (Lipinski definition) is 1. The number of benzene rings is 1. The Morgan fingerprint density at radius 2 is 1.96 bits per heavy atom. The first-order valence-corrected chi connectivity index (χ1v) is 8.69. The van der Waals surface area contributed by atoms with Gasteiger partial charge in [0.25, 0.3) is 0 Å². The smallest absolute Gasteiger partial charge is 0.227 e. The van der Waals surface area contributed by atoms with E-state index in [2.05, 4.69) is 15.5 Å². The van der Waals surface area contributed by atoms with Gasteiger partial charge in [-0.05, 0) is 12.1 Å². The van der Waals surface area contributed by atoms with Crippen molar-refractivity contribution in [1.29, 1.82) is 0 Å². The van der Waals surface area contributed by atoms with Gasteiger partial charge >= 0.3 is 0 Å². The number of aryl methyl sites for hydroxylation is 1. The summed E-state index contributed by atoms with van der Waals surface area (Å²) in [6.45, 7) is 0.453. The summed E-state index contributed by atoms with van der Waals surface area (Å²) in [4.78, 5) is 12.0. The summed E-state index contributed by atoms with van der Waals surface area (Å²) >= 11 is 17.9. The third kappa shape index (κ3) is 4.55. The van der Waals surface area contributed by atoms with Crippen LogP contribution in [0.2, 0.25) is 15.1 Å². The van der Waals surface area contributed by atoms with Crippen LogP contribution in [-0.2, 0) is 17.9 Å². The van der Waals surface area contributed by atoms with Gasteiger partial charge in [0, 0.05) is 35.9 Å². The molecule has 2 heterocycles. The van der Waals surface area contributed by atoms with Crippen molar-refractivity contribution in [2.75, 3.05) is 5.32 Å². The summed E-state index contributed by atoms with van der Waals surface area (Å²) in [5.41, 5.74) is 0.293. The maximum atomic E-state index is 13.9. The van der Waals surface area contributed by atoms with Crippen molar-refractivity contribution in [3.05, 3.63) is 63.2 Å². The quantitative estimate of drug-likeness (QED) is 0.653. The maximum absolute atomic E-state index is 13.9. The molecule has 2 aromatic heterocycles. The molecule has 3 rings (SSSR count). The summed E-state index contributed by atoms with van der Waals surface area (Å²) in [7, 11) is 0. The van der Waals surface area contributed by atoms with Crippen LogP contribution in [0.4, 0.5) is 10.2 Å². The minimum atomic E-state index is -0.437. The molecular formula is C16H13Cl3FN5O. The van der Waals surface area contributed by atoms with Gasteiger partial charge in [-0.15, -0.1) is 0 Å². The van der Waals surface area contributed by atoms with Gasteiger partial charge < -0.3 is 5.32 Å². The molecule has 0 bridgehead atoms. The van der Waals surface area contributed by atoms with E-state index in [1.165, 1.54) is 29.2 Å². The van der Waals surface area contributed by atoms with Crippen LogP contribution >= 0.6 is 34.8 Å². The molecule has 0 aliphatic heterocycles. The van der Waals surface area contributed by atoms with Gasteiger partial charge in [0.05, 0.1) is 17.8 Å². The molecule has 0 unspecified atom stereocenters. The summed E-state index contributed by atoms with van der Waals surface area (Å²) in [5.74, 6) is -0.525. The number of carbonyl (C=O) groups is 1. The van der Waals surface area contributed by atoms with Gasteiger partial charge in [-0.1, -0.05) is 40.9 Å². The Bertz CT molecular complexity index is 920. The topological polar surface area (TPSA) is 64.7 Å². The normalized spacial score (nSPS) is 10.9. The molecule has 3 aromatic rings. The number of aromatic nitrogens is 4. The SMILES string of the molecule is O=C(CCn1cc(Cl)cn1)Nc1nn(Cc2c(F)cccc2Cl)cc1Cl. The highest BCUT2D eigenvalue weighted by Gasteiger charge is 2.14. The van der Waals surface area contributed by atoms with E-state index in [0.717, 1.165) is 0 Å². The highest BCUT2D eigenvalue weighted by Crippen LogP contribution is 2.23. The van der Waals surface area contributed by atoms with Crippen molar-refractivity contribution in [2.45, 2.75) is 19.5 Å². The number of hydrogen-bond acceptors (Lipinski definition) is 3. The zero-order valence-corrected chi connectivity index (χ0v) is 15.6. The van der Waals surface area contributed by atoms with Crippen LogP contribution in [0, 0.1) is 5.82 Å². The number of halogens is 4. The van der Waals surface area contributed by atoms with Crippen molar-refractivity contribution in [3.8, 4) is 0 Å². The van der Waals surface area contributed by atoms with Crippen LogP contribution in [0.3, 0.4) is 0 Å². The Labute approximate surface area is 163 Å². The third-order valence-electron chi connectivity index (χ3n) is 3.53. The predicted molar refractivity (Wildman–Crippen MR) is 98.2 cm³/mol. The fraction of sp³-hybridized carbons (Fsp3) is 0.188. The molecule has 136 valence electrons. The Morgan fingerprint density at radius 3 is 2.65 bits per heavy atom. The minimum Gasteiger partial charge on any atom is -0.308 e. The Morgan fingerprint density at radius 1 is 1.15 bits per heavy atom. The van der Waals surface area contributed by atoms with Gasteiger partial charge in [-0.2, -0.15) is 10.2 Å². The summed E-state index contributed by atoms with van der Waals surface area (Å²) in [6, 6.07) is 4.43. The van der Waals surface area contributed by atoms with E-state index in [9.17, 15) is 9.18 Å². The number of nitrogens with zero attached hydrogens (tertiary/aromatic N) is 4. The van der Waals surface area contributed by atoms with Gasteiger partial charge in [0.15, 0.2) is 5.82 Å². The van der Waals surface area contributed by atoms with E-state index in [4.69, 9.17) is 34.8 Å². The van der Waals surface area contributed by atoms with Gasteiger partial charge in [0.1, 0.15) is 10.8 Å². The summed E-state index contributed by atoms with van der Waals surface area (Å²) < 4.78 is 16.8. The lowest BCUT2D eigenvalue weighted by Crippen LogP contribution is -2.15. The van der Waals surface area contributed by atoms with Crippen molar-refractivity contribution in [1.82, 2.24) is 19.6 Å². The van der Waals surface area contributed by atoms with E-state index in [1.807, 2.05) is 0 Å². The fourth-order valence-corrected chi connectivity index (χ4v) is 2.86. The molecule has 10 heteroatoms. The number of carbonyl (C=O) groups excluding carboxylic acids is 1. The molecule has 6 nitrogen and oxygen atoms in total. The summed E-state index contributed by atoms with van der Waals surface area (Å²) in [6.07, 6.45) is 4.77. The monoisotopic (exact) mass is 415 g/mol. The standard InChI is InChI=1S/C16H13Cl3FN5O/c17-10-6-21-24(7-10)5-4-15(26)22-16-13(19)9-25(23-16)8-11-12(18)2-1-3-14(11)20/h1-3,6-7,9H,4-5,8H2,(H,22,23,26). The molecule has 0 fully saturated rings. The first kappa shape index (κ1) is 18.7. The zero-order valence-electron chi connectivity index (χ0n) is 13.3. The second-order valence-electron chi connectivity index (χ2n) is 5.44. The largest absolute Gasteiger partial charge is 0.308 e. The molecule has 0 aliphatic rings. The first-order chi connectivity index (χ1) is 12.4. The van der Waals surface area contributed by atoms with Crippen LogP contribution in [0.15, 0.2) is 36.8 Å². The molecule has 0 spiro atoms. The second-order valence-corrected chi connectivity index (χ2v) is 6.69. The molecule has 1 N–H and O–H groups in total. The van der Waals surface area contributed by atoms with Crippen molar-refractivity contribution in [2.24, 2.45) is 0 Å². The fourth-order valence-electron chi connectivity index (χ4n) is 2.28. The Balaban J connectivity index is 1.63. The van der Waals surface area contributed by atoms with Crippen LogP contribution in [0.25, 0.3) is 0 Å². The number of anilines is 1. The Hall–Kier alpha value is -2.09. The predicted octanol–water partition coefficient (Wildman–Crippen LogP) is 4.26. The second kappa shape index (κ2) is 8.07. The molecular weight excluding hydrogens is 404 g/mol. The van der Waals surface area contributed by atoms with Gasteiger partial charge in [-0.25, -0.2) is 4.39 Å². The lowest BCUT2D eigenvalue weighted by atomic mass is 10.2. The zero-order chi connectivity index (χ0) is 18.7. The molecule has 0 atom stereocenters. The lowest BCUT2D eigenvalue weighted by Gasteiger charge is -2.06. The molecule has 0 aliphatic carbocycles. The molecule has 1 aromatic carbocycles. The lowest BCUT2D eigenvalue weighted by molar-refractivity contribution is -0.116. The molecule has 0 saturated carbocycles. The van der Waals surface area contributed by atoms with E-state index in [-0.39, 0.29) is 29.7 Å². The maximum Gasteiger partial charge on any atom is 0.227 e. The molecule has 0 saturated heterocycles. The molecule has 0 radical (unpaired) electrons. The summed E-state index contributed by atoms with van der Waals surface area (Å²) in [5, 5.41) is 11.8. The molecule has 26 heavy (non-hydrogen) atoms. The third-order valence-corrected chi connectivity index (χ3v) is 4.35. The van der Waals surface area contributed by atoms with Crippen LogP contribution in [0.1, 0.15) is 12.0 Å². The van der Waals surface area contributed by atoms with Crippen LogP contribution in [-0.4, -0.2) is 25.5 Å². The highest BCUT2D eigenvalue weighted by molar-refractivity contribution is 6.33. The van der Waals surface area contributed by atoms with Crippen molar-refractivity contribution in [3.63, 3.8) is 0 Å². The van der Waals surface area contributed by atoms with Gasteiger partial charge in [0.2, 0.25) is 5.91 Å². The van der Waals surface area contributed by atoms with Crippen molar-refractivity contribution < 1.29 is 9.18 Å². The average molecular weight is 417 g/mol. The Kier molecular flexibility index (Phi) is 5.80. The first-order valence-electron chi connectivity index (χ1n) is 7.56. The van der Waals surface area contributed by atoms with Crippen molar-refractivity contribution >= 4 is 46.5 Å². The number of rotatable bonds is 6. The van der Waals surface area contributed by atoms with E-state index in [1.54, 1.807) is 16.9 Å². The van der Waals surface area contributed by atoms with E-state index < -0.39 is 5.82 Å². The van der Waals surface area contributed by atoms with E-state index >= 15 is 0 Å². The van der Waals surface area contributed by atoms with Crippen LogP contribution in [0.5, 0.6) is 0 Å². The molecule has 1 amide bonds. The average Bonchev–Trinajstić information content (AvgIpc) is 3.15. The van der Waals surface area contributed by atoms with E-state index in [0.29, 0.717) is 22.2 Å².